The molecule has 3 heteroatoms. The molecule has 0 spiro atoms. The second-order valence-corrected chi connectivity index (χ2v) is 8.23. The third-order valence-corrected chi connectivity index (χ3v) is 7.06. The van der Waals surface area contributed by atoms with Gasteiger partial charge >= 0.3 is 6.03 Å². The van der Waals surface area contributed by atoms with Crippen LogP contribution in [0.5, 0.6) is 0 Å². The van der Waals surface area contributed by atoms with Crippen molar-refractivity contribution in [3.05, 3.63) is 35.4 Å². The van der Waals surface area contributed by atoms with E-state index in [2.05, 4.69) is 34.9 Å². The number of amides is 2. The van der Waals surface area contributed by atoms with Crippen molar-refractivity contribution < 1.29 is 4.79 Å². The van der Waals surface area contributed by atoms with Crippen LogP contribution in [0.25, 0.3) is 0 Å². The summed E-state index contributed by atoms with van der Waals surface area (Å²) in [6.45, 7) is 0.813. The molecule has 6 rings (SSSR count). The van der Waals surface area contributed by atoms with E-state index in [-0.39, 0.29) is 6.03 Å². The maximum Gasteiger partial charge on any atom is 0.315 e. The number of benzene rings is 1. The fourth-order valence-electron chi connectivity index (χ4n) is 5.90. The summed E-state index contributed by atoms with van der Waals surface area (Å²) in [6.07, 6.45) is 7.49. The van der Waals surface area contributed by atoms with Crippen molar-refractivity contribution in [1.29, 1.82) is 0 Å². The third kappa shape index (κ3) is 2.36. The molecule has 4 atom stereocenters. The lowest BCUT2D eigenvalue weighted by molar-refractivity contribution is 0.232. The molecule has 1 aromatic carbocycles. The van der Waals surface area contributed by atoms with Gasteiger partial charge in [0.05, 0.1) is 0 Å². The number of rotatable bonds is 4. The smallest absolute Gasteiger partial charge is 0.315 e. The van der Waals surface area contributed by atoms with Gasteiger partial charge < -0.3 is 10.6 Å². The van der Waals surface area contributed by atoms with Gasteiger partial charge in [-0.1, -0.05) is 24.3 Å². The quantitative estimate of drug-likeness (QED) is 0.881. The Morgan fingerprint density at radius 2 is 1.91 bits per heavy atom. The van der Waals surface area contributed by atoms with Crippen LogP contribution in [0, 0.1) is 29.6 Å². The molecule has 4 fully saturated rings. The fraction of sp³-hybridized carbons (Fsp3) is 0.650. The maximum absolute atomic E-state index is 12.1. The molecule has 3 nitrogen and oxygen atoms in total. The molecular formula is C20H26N2O. The van der Waals surface area contributed by atoms with Gasteiger partial charge in [-0.2, -0.15) is 0 Å². The Bertz CT molecular complexity index is 614. The van der Waals surface area contributed by atoms with Crippen LogP contribution in [0.4, 0.5) is 4.79 Å². The second-order valence-electron chi connectivity index (χ2n) is 8.23. The number of fused-ring (bicyclic) bond motifs is 1. The minimum absolute atomic E-state index is 0.0735. The van der Waals surface area contributed by atoms with Gasteiger partial charge in [0, 0.05) is 12.6 Å². The Morgan fingerprint density at radius 3 is 2.65 bits per heavy atom. The SMILES string of the molecule is O=C(NCCC1CCc2ccccc2C1)NC1C2CC3C(C2)C31. The van der Waals surface area contributed by atoms with Crippen LogP contribution in [-0.4, -0.2) is 18.6 Å². The molecule has 2 amide bonds. The predicted octanol–water partition coefficient (Wildman–Crippen LogP) is 3.14. The molecule has 0 radical (unpaired) electrons. The van der Waals surface area contributed by atoms with Crippen molar-refractivity contribution in [2.45, 2.75) is 44.6 Å². The van der Waals surface area contributed by atoms with E-state index < -0.39 is 0 Å². The summed E-state index contributed by atoms with van der Waals surface area (Å²) in [4.78, 5) is 12.1. The zero-order chi connectivity index (χ0) is 15.4. The molecule has 5 aliphatic rings. The fourth-order valence-corrected chi connectivity index (χ4v) is 5.90. The van der Waals surface area contributed by atoms with Gasteiger partial charge in [0.2, 0.25) is 0 Å². The Balaban J connectivity index is 1.07. The first-order valence-corrected chi connectivity index (χ1v) is 9.41. The lowest BCUT2D eigenvalue weighted by atomic mass is 9.82. The summed E-state index contributed by atoms with van der Waals surface area (Å²) in [5.74, 6) is 4.27. The second kappa shape index (κ2) is 5.25. The van der Waals surface area contributed by atoms with Gasteiger partial charge in [0.1, 0.15) is 0 Å². The number of nitrogens with one attached hydrogen (secondary N) is 2. The Labute approximate surface area is 138 Å². The highest BCUT2D eigenvalue weighted by Gasteiger charge is 2.68. The number of urea groups is 1. The Morgan fingerprint density at radius 1 is 1.13 bits per heavy atom. The lowest BCUT2D eigenvalue weighted by Gasteiger charge is -2.25. The molecule has 5 aliphatic carbocycles. The maximum atomic E-state index is 12.1. The summed E-state index contributed by atoms with van der Waals surface area (Å²) in [5.41, 5.74) is 3.03. The Hall–Kier alpha value is -1.51. The van der Waals surface area contributed by atoms with Crippen molar-refractivity contribution in [2.24, 2.45) is 29.6 Å². The number of carbonyl (C=O) groups is 1. The molecule has 4 saturated carbocycles. The van der Waals surface area contributed by atoms with Crippen molar-refractivity contribution in [3.63, 3.8) is 0 Å². The normalized spacial score (nSPS) is 39.0. The summed E-state index contributed by atoms with van der Waals surface area (Å²) < 4.78 is 0. The van der Waals surface area contributed by atoms with E-state index in [1.165, 1.54) is 43.2 Å². The van der Waals surface area contributed by atoms with E-state index in [1.54, 1.807) is 0 Å². The van der Waals surface area contributed by atoms with E-state index >= 15 is 0 Å². The first kappa shape index (κ1) is 13.9. The van der Waals surface area contributed by atoms with Gasteiger partial charge in [-0.05, 0) is 79.2 Å². The van der Waals surface area contributed by atoms with E-state index in [4.69, 9.17) is 0 Å². The molecule has 122 valence electrons. The first-order valence-electron chi connectivity index (χ1n) is 9.41. The van der Waals surface area contributed by atoms with Crippen molar-refractivity contribution >= 4 is 6.03 Å². The van der Waals surface area contributed by atoms with E-state index in [9.17, 15) is 4.79 Å². The minimum atomic E-state index is 0.0735. The molecule has 0 aromatic heterocycles. The van der Waals surface area contributed by atoms with E-state index in [0.29, 0.717) is 6.04 Å². The largest absolute Gasteiger partial charge is 0.338 e. The first-order chi connectivity index (χ1) is 11.3. The topological polar surface area (TPSA) is 41.1 Å². The van der Waals surface area contributed by atoms with Crippen LogP contribution in [-0.2, 0) is 12.8 Å². The van der Waals surface area contributed by atoms with Gasteiger partial charge in [-0.25, -0.2) is 4.79 Å². The molecular weight excluding hydrogens is 284 g/mol. The third-order valence-electron chi connectivity index (χ3n) is 7.06. The van der Waals surface area contributed by atoms with Gasteiger partial charge in [0.25, 0.3) is 0 Å². The van der Waals surface area contributed by atoms with E-state index in [1.807, 2.05) is 0 Å². The van der Waals surface area contributed by atoms with Crippen molar-refractivity contribution in [2.75, 3.05) is 6.54 Å². The molecule has 4 unspecified atom stereocenters. The molecule has 0 saturated heterocycles. The van der Waals surface area contributed by atoms with Crippen molar-refractivity contribution in [1.82, 2.24) is 10.6 Å². The number of carbonyl (C=O) groups excluding carboxylic acids is 1. The van der Waals surface area contributed by atoms with Crippen LogP contribution in [0.3, 0.4) is 0 Å². The number of hydrogen-bond acceptors (Lipinski definition) is 1. The number of hydrogen-bond donors (Lipinski definition) is 2. The van der Waals surface area contributed by atoms with Crippen LogP contribution >= 0.6 is 0 Å². The monoisotopic (exact) mass is 310 g/mol. The van der Waals surface area contributed by atoms with Crippen LogP contribution in [0.15, 0.2) is 24.3 Å². The average Bonchev–Trinajstić information content (AvgIpc) is 2.91. The van der Waals surface area contributed by atoms with Gasteiger partial charge in [-0.15, -0.1) is 0 Å². The van der Waals surface area contributed by atoms with Gasteiger partial charge in [-0.3, -0.25) is 0 Å². The highest BCUT2D eigenvalue weighted by Crippen LogP contribution is 2.70. The molecule has 1 aromatic rings. The summed E-state index contributed by atoms with van der Waals surface area (Å²) in [7, 11) is 0. The molecule has 0 aliphatic heterocycles. The molecule has 23 heavy (non-hydrogen) atoms. The highest BCUT2D eigenvalue weighted by atomic mass is 16.2. The zero-order valence-electron chi connectivity index (χ0n) is 13.6. The summed E-state index contributed by atoms with van der Waals surface area (Å²) in [5, 5.41) is 6.37. The zero-order valence-corrected chi connectivity index (χ0v) is 13.6. The standard InChI is InChI=1S/C20H26N2O/c23-20(22-19-15-10-16-17(11-15)18(16)19)21-8-7-12-5-6-13-3-1-2-4-14(13)9-12/h1-4,12,15-19H,5-11H2,(H2,21,22,23). The molecule has 4 bridgehead atoms. The predicted molar refractivity (Wildman–Crippen MR) is 90.1 cm³/mol. The lowest BCUT2D eigenvalue weighted by Crippen LogP contribution is -2.44. The summed E-state index contributed by atoms with van der Waals surface area (Å²) >= 11 is 0. The van der Waals surface area contributed by atoms with Crippen LogP contribution in [0.2, 0.25) is 0 Å². The highest BCUT2D eigenvalue weighted by molar-refractivity contribution is 5.74. The van der Waals surface area contributed by atoms with Gasteiger partial charge in [0.15, 0.2) is 0 Å². The Kier molecular flexibility index (Phi) is 3.17. The van der Waals surface area contributed by atoms with E-state index in [0.717, 1.165) is 42.6 Å². The minimum Gasteiger partial charge on any atom is -0.338 e. The van der Waals surface area contributed by atoms with Crippen LogP contribution in [0.1, 0.15) is 36.8 Å². The van der Waals surface area contributed by atoms with Crippen molar-refractivity contribution in [3.8, 4) is 0 Å². The average molecular weight is 310 g/mol. The molecule has 0 heterocycles. The van der Waals surface area contributed by atoms with Crippen LogP contribution < -0.4 is 10.6 Å². The molecule has 2 N–H and O–H groups in total. The summed E-state index contributed by atoms with van der Waals surface area (Å²) in [6, 6.07) is 9.37. The number of aryl methyl sites for hydroxylation is 1.